The van der Waals surface area contributed by atoms with Gasteiger partial charge in [0, 0.05) is 37.4 Å². The first kappa shape index (κ1) is 15.3. The van der Waals surface area contributed by atoms with E-state index < -0.39 is 0 Å². The van der Waals surface area contributed by atoms with Gasteiger partial charge in [0.2, 0.25) is 0 Å². The molecular formula is C16H20ClN3O2. The van der Waals surface area contributed by atoms with Crippen molar-refractivity contribution in [3.63, 3.8) is 0 Å². The van der Waals surface area contributed by atoms with Gasteiger partial charge in [0.05, 0.1) is 24.4 Å². The van der Waals surface area contributed by atoms with Gasteiger partial charge in [-0.25, -0.2) is 0 Å². The second kappa shape index (κ2) is 7.13. The van der Waals surface area contributed by atoms with Crippen molar-refractivity contribution in [1.29, 1.82) is 0 Å². The van der Waals surface area contributed by atoms with Gasteiger partial charge < -0.3 is 14.8 Å². The summed E-state index contributed by atoms with van der Waals surface area (Å²) in [7, 11) is 1.62. The van der Waals surface area contributed by atoms with Crippen LogP contribution < -0.4 is 10.1 Å². The van der Waals surface area contributed by atoms with Crippen LogP contribution in [0.15, 0.2) is 30.6 Å². The Morgan fingerprint density at radius 2 is 2.41 bits per heavy atom. The Hall–Kier alpha value is -1.56. The summed E-state index contributed by atoms with van der Waals surface area (Å²) in [5, 5.41) is 11.0. The smallest absolute Gasteiger partial charge is 0.137 e. The summed E-state index contributed by atoms with van der Waals surface area (Å²) in [6.45, 7) is 2.48. The van der Waals surface area contributed by atoms with Crippen molar-refractivity contribution < 1.29 is 9.47 Å². The van der Waals surface area contributed by atoms with Crippen molar-refractivity contribution in [2.75, 3.05) is 20.3 Å². The molecule has 2 N–H and O–H groups in total. The first-order valence-corrected chi connectivity index (χ1v) is 7.79. The molecule has 118 valence electrons. The lowest BCUT2D eigenvalue weighted by atomic mass is 9.97. The van der Waals surface area contributed by atoms with E-state index in [0.717, 1.165) is 37.2 Å². The van der Waals surface area contributed by atoms with Gasteiger partial charge in [-0.1, -0.05) is 17.7 Å². The normalized spacial score (nSPS) is 21.2. The third-order valence-corrected chi connectivity index (χ3v) is 4.31. The van der Waals surface area contributed by atoms with Crippen LogP contribution in [0, 0.1) is 5.92 Å². The summed E-state index contributed by atoms with van der Waals surface area (Å²) in [5.41, 5.74) is 2.27. The topological polar surface area (TPSA) is 59.2 Å². The fraction of sp³-hybridized carbons (Fsp3) is 0.438. The van der Waals surface area contributed by atoms with Gasteiger partial charge in [-0.3, -0.25) is 5.10 Å². The van der Waals surface area contributed by atoms with Gasteiger partial charge in [-0.15, -0.1) is 0 Å². The van der Waals surface area contributed by atoms with E-state index in [2.05, 4.69) is 15.5 Å². The van der Waals surface area contributed by atoms with Crippen LogP contribution in [0.3, 0.4) is 0 Å². The molecule has 2 atom stereocenters. The predicted molar refractivity (Wildman–Crippen MR) is 85.1 cm³/mol. The average Bonchev–Trinajstić information content (AvgIpc) is 3.18. The number of hydrogen-bond donors (Lipinski definition) is 2. The Labute approximate surface area is 135 Å². The number of ether oxygens (including phenoxy) is 2. The predicted octanol–water partition coefficient (Wildman–Crippen LogP) is 2.94. The molecule has 0 unspecified atom stereocenters. The van der Waals surface area contributed by atoms with Gasteiger partial charge in [-0.05, 0) is 24.1 Å². The Kier molecular flexibility index (Phi) is 4.97. The quantitative estimate of drug-likeness (QED) is 0.859. The number of halogens is 1. The number of nitrogens with one attached hydrogen (secondary N) is 2. The van der Waals surface area contributed by atoms with E-state index in [1.807, 2.05) is 30.6 Å². The molecule has 1 aliphatic heterocycles. The minimum Gasteiger partial charge on any atom is -0.495 e. The van der Waals surface area contributed by atoms with Gasteiger partial charge in [0.1, 0.15) is 5.75 Å². The zero-order valence-electron chi connectivity index (χ0n) is 12.5. The highest BCUT2D eigenvalue weighted by atomic mass is 35.5. The maximum absolute atomic E-state index is 6.14. The molecule has 3 rings (SSSR count). The molecule has 0 radical (unpaired) electrons. The number of benzene rings is 1. The molecule has 2 heterocycles. The van der Waals surface area contributed by atoms with E-state index in [9.17, 15) is 0 Å². The van der Waals surface area contributed by atoms with Gasteiger partial charge >= 0.3 is 0 Å². The minimum absolute atomic E-state index is 0.130. The van der Waals surface area contributed by atoms with Crippen molar-refractivity contribution in [3.8, 4) is 5.75 Å². The zero-order valence-corrected chi connectivity index (χ0v) is 13.3. The molecule has 1 aromatic heterocycles. The third-order valence-electron chi connectivity index (χ3n) is 4.01. The summed E-state index contributed by atoms with van der Waals surface area (Å²) < 4.78 is 11.0. The monoisotopic (exact) mass is 321 g/mol. The molecule has 5 nitrogen and oxygen atoms in total. The molecule has 1 aromatic carbocycles. The fourth-order valence-electron chi connectivity index (χ4n) is 2.85. The van der Waals surface area contributed by atoms with Crippen LogP contribution in [-0.2, 0) is 11.3 Å². The highest BCUT2D eigenvalue weighted by Gasteiger charge is 2.29. The number of aromatic nitrogens is 2. The van der Waals surface area contributed by atoms with Gasteiger partial charge in [-0.2, -0.15) is 5.10 Å². The molecule has 6 heteroatoms. The van der Waals surface area contributed by atoms with Crippen molar-refractivity contribution in [2.24, 2.45) is 5.92 Å². The summed E-state index contributed by atoms with van der Waals surface area (Å²) >= 11 is 6.14. The number of hydrogen-bond acceptors (Lipinski definition) is 4. The van der Waals surface area contributed by atoms with E-state index in [1.54, 1.807) is 7.11 Å². The molecule has 2 aromatic rings. The Balaban J connectivity index is 1.53. The lowest BCUT2D eigenvalue weighted by molar-refractivity contribution is 0.0905. The number of rotatable bonds is 6. The van der Waals surface area contributed by atoms with Crippen LogP contribution in [0.5, 0.6) is 5.75 Å². The first-order valence-electron chi connectivity index (χ1n) is 7.41. The van der Waals surface area contributed by atoms with E-state index >= 15 is 0 Å². The van der Waals surface area contributed by atoms with Crippen LogP contribution in [0.25, 0.3) is 0 Å². The number of H-pyrrole nitrogens is 1. The fourth-order valence-corrected chi connectivity index (χ4v) is 3.13. The Morgan fingerprint density at radius 1 is 1.50 bits per heavy atom. The van der Waals surface area contributed by atoms with Crippen LogP contribution >= 0.6 is 11.6 Å². The molecule has 0 bridgehead atoms. The average molecular weight is 322 g/mol. The number of methoxy groups -OCH3 is 1. The van der Waals surface area contributed by atoms with Crippen molar-refractivity contribution in [1.82, 2.24) is 15.5 Å². The standard InChI is InChI=1S/C16H20ClN3O2/c1-21-15-3-2-11(6-14(15)17)7-18-8-12-4-5-22-16(12)13-9-19-20-10-13/h2-3,6,9-10,12,16,18H,4-5,7-8H2,1H3,(H,19,20)/t12-,16+/m1/s1. The molecule has 0 amide bonds. The Bertz CT molecular complexity index is 603. The minimum atomic E-state index is 0.130. The summed E-state index contributed by atoms with van der Waals surface area (Å²) in [6, 6.07) is 5.86. The van der Waals surface area contributed by atoms with Crippen molar-refractivity contribution in [2.45, 2.75) is 19.1 Å². The van der Waals surface area contributed by atoms with E-state index in [-0.39, 0.29) is 6.10 Å². The maximum Gasteiger partial charge on any atom is 0.137 e. The maximum atomic E-state index is 6.14. The second-order valence-corrected chi connectivity index (χ2v) is 5.88. The summed E-state index contributed by atoms with van der Waals surface area (Å²) in [5.74, 6) is 1.17. The lowest BCUT2D eigenvalue weighted by Gasteiger charge is -2.18. The van der Waals surface area contributed by atoms with Crippen molar-refractivity contribution in [3.05, 3.63) is 46.7 Å². The van der Waals surface area contributed by atoms with E-state index in [4.69, 9.17) is 21.1 Å². The SMILES string of the molecule is COc1ccc(CNC[C@H]2CCO[C@@H]2c2cn[nH]c2)cc1Cl. The van der Waals surface area contributed by atoms with Crippen LogP contribution in [0.1, 0.15) is 23.7 Å². The van der Waals surface area contributed by atoms with Gasteiger partial charge in [0.15, 0.2) is 0 Å². The van der Waals surface area contributed by atoms with E-state index in [1.165, 1.54) is 0 Å². The third kappa shape index (κ3) is 3.43. The van der Waals surface area contributed by atoms with Crippen LogP contribution in [0.4, 0.5) is 0 Å². The van der Waals surface area contributed by atoms with Crippen LogP contribution in [-0.4, -0.2) is 30.5 Å². The highest BCUT2D eigenvalue weighted by molar-refractivity contribution is 6.32. The lowest BCUT2D eigenvalue weighted by Crippen LogP contribution is -2.24. The molecule has 0 aliphatic carbocycles. The van der Waals surface area contributed by atoms with Crippen LogP contribution in [0.2, 0.25) is 5.02 Å². The molecule has 1 aliphatic rings. The number of aromatic amines is 1. The molecule has 1 fully saturated rings. The molecule has 0 saturated carbocycles. The van der Waals surface area contributed by atoms with Gasteiger partial charge in [0.25, 0.3) is 0 Å². The Morgan fingerprint density at radius 3 is 3.14 bits per heavy atom. The molecule has 0 spiro atoms. The highest BCUT2D eigenvalue weighted by Crippen LogP contribution is 2.33. The summed E-state index contributed by atoms with van der Waals surface area (Å²) in [4.78, 5) is 0. The largest absolute Gasteiger partial charge is 0.495 e. The summed E-state index contributed by atoms with van der Waals surface area (Å²) in [6.07, 6.45) is 4.94. The van der Waals surface area contributed by atoms with E-state index in [0.29, 0.717) is 16.7 Å². The first-order chi connectivity index (χ1) is 10.8. The zero-order chi connectivity index (χ0) is 15.4. The molecule has 1 saturated heterocycles. The number of nitrogens with zero attached hydrogens (tertiary/aromatic N) is 1. The molecule has 22 heavy (non-hydrogen) atoms. The van der Waals surface area contributed by atoms with Crippen molar-refractivity contribution >= 4 is 11.6 Å². The second-order valence-electron chi connectivity index (χ2n) is 5.47. The molecular weight excluding hydrogens is 302 g/mol.